The van der Waals surface area contributed by atoms with Gasteiger partial charge in [0.05, 0.1) is 12.6 Å². The van der Waals surface area contributed by atoms with Gasteiger partial charge in [0, 0.05) is 6.54 Å². The summed E-state index contributed by atoms with van der Waals surface area (Å²) in [7, 11) is 0. The van der Waals surface area contributed by atoms with Crippen molar-refractivity contribution in [2.75, 3.05) is 11.4 Å². The summed E-state index contributed by atoms with van der Waals surface area (Å²) in [5.41, 5.74) is -1.01. The molecule has 0 aromatic carbocycles. The van der Waals surface area contributed by atoms with E-state index in [4.69, 9.17) is 4.74 Å². The molecule has 1 aliphatic rings. The van der Waals surface area contributed by atoms with Crippen LogP contribution in [0.1, 0.15) is 20.8 Å². The van der Waals surface area contributed by atoms with E-state index in [1.807, 2.05) is 0 Å². The predicted octanol–water partition coefficient (Wildman–Crippen LogP) is 0.704. The lowest BCUT2D eigenvalue weighted by Gasteiger charge is -2.23. The molecule has 0 bridgehead atoms. The van der Waals surface area contributed by atoms with Gasteiger partial charge in [-0.1, -0.05) is 0 Å². The van der Waals surface area contributed by atoms with E-state index >= 15 is 0 Å². The first kappa shape index (κ1) is 12.4. The van der Waals surface area contributed by atoms with E-state index in [9.17, 15) is 14.7 Å². The third-order valence-corrected chi connectivity index (χ3v) is 2.38. The third-order valence-electron chi connectivity index (χ3n) is 2.38. The van der Waals surface area contributed by atoms with Crippen molar-refractivity contribution < 1.29 is 14.6 Å². The number of aromatic nitrogens is 2. The van der Waals surface area contributed by atoms with Crippen LogP contribution in [0.5, 0.6) is 5.88 Å². The fourth-order valence-electron chi connectivity index (χ4n) is 1.69. The van der Waals surface area contributed by atoms with E-state index in [1.165, 1.54) is 9.47 Å². The molecule has 7 heteroatoms. The number of hydrogen-bond acceptors (Lipinski definition) is 5. The average molecular weight is 253 g/mol. The minimum Gasteiger partial charge on any atom is -0.493 e. The molecule has 1 amide bonds. The van der Waals surface area contributed by atoms with Gasteiger partial charge < -0.3 is 9.84 Å². The van der Waals surface area contributed by atoms with Crippen LogP contribution in [0.3, 0.4) is 0 Å². The maximum Gasteiger partial charge on any atom is 0.417 e. The zero-order valence-electron chi connectivity index (χ0n) is 10.5. The van der Waals surface area contributed by atoms with Crippen molar-refractivity contribution in [3.05, 3.63) is 16.4 Å². The van der Waals surface area contributed by atoms with Gasteiger partial charge in [-0.2, -0.15) is 4.98 Å². The molecule has 98 valence electrons. The zero-order valence-corrected chi connectivity index (χ0v) is 10.5. The van der Waals surface area contributed by atoms with Crippen molar-refractivity contribution in [3.63, 3.8) is 0 Å². The number of carbonyl (C=O) groups is 1. The highest BCUT2D eigenvalue weighted by Gasteiger charge is 2.31. The highest BCUT2D eigenvalue weighted by Crippen LogP contribution is 2.21. The lowest BCUT2D eigenvalue weighted by Crippen LogP contribution is -2.36. The average Bonchev–Trinajstić information content (AvgIpc) is 2.58. The lowest BCUT2D eigenvalue weighted by atomic mass is 10.2. The van der Waals surface area contributed by atoms with Crippen LogP contribution in [0.15, 0.2) is 10.9 Å². The molecule has 1 aromatic rings. The second-order valence-electron chi connectivity index (χ2n) is 5.04. The van der Waals surface area contributed by atoms with Crippen LogP contribution in [-0.2, 0) is 11.3 Å². The first-order valence-corrected chi connectivity index (χ1v) is 5.59. The molecule has 0 radical (unpaired) electrons. The van der Waals surface area contributed by atoms with Gasteiger partial charge in [0.15, 0.2) is 0 Å². The maximum atomic E-state index is 11.9. The topological polar surface area (TPSA) is 84.7 Å². The highest BCUT2D eigenvalue weighted by molar-refractivity contribution is 5.86. The number of anilines is 1. The zero-order chi connectivity index (χ0) is 13.5. The van der Waals surface area contributed by atoms with Crippen molar-refractivity contribution in [1.82, 2.24) is 9.55 Å². The number of ether oxygens (including phenoxy) is 1. The van der Waals surface area contributed by atoms with Gasteiger partial charge in [0.25, 0.3) is 5.56 Å². The molecule has 1 N–H and O–H groups in total. The number of fused-ring (bicyclic) bond motifs is 1. The highest BCUT2D eigenvalue weighted by atomic mass is 16.6. The largest absolute Gasteiger partial charge is 0.493 e. The SMILES string of the molecule is CC(C)(C)OC(=O)N1CCn2c1nc(O)cc2=O. The van der Waals surface area contributed by atoms with E-state index in [0.29, 0.717) is 13.1 Å². The van der Waals surface area contributed by atoms with Gasteiger partial charge >= 0.3 is 6.09 Å². The first-order valence-electron chi connectivity index (χ1n) is 5.59. The van der Waals surface area contributed by atoms with Crippen molar-refractivity contribution in [1.29, 1.82) is 0 Å². The fourth-order valence-corrected chi connectivity index (χ4v) is 1.69. The third kappa shape index (κ3) is 2.29. The number of rotatable bonds is 0. The Morgan fingerprint density at radius 2 is 2.11 bits per heavy atom. The Labute approximate surface area is 104 Å². The Kier molecular flexibility index (Phi) is 2.76. The Balaban J connectivity index is 2.32. The van der Waals surface area contributed by atoms with Crippen molar-refractivity contribution in [2.24, 2.45) is 0 Å². The van der Waals surface area contributed by atoms with Gasteiger partial charge in [-0.3, -0.25) is 9.36 Å². The maximum absolute atomic E-state index is 11.9. The molecule has 0 aliphatic carbocycles. The molecule has 0 fully saturated rings. The van der Waals surface area contributed by atoms with Gasteiger partial charge in [-0.05, 0) is 20.8 Å². The summed E-state index contributed by atoms with van der Waals surface area (Å²) in [6.07, 6.45) is -0.578. The smallest absolute Gasteiger partial charge is 0.417 e. The Bertz CT molecular complexity index is 544. The number of aromatic hydroxyl groups is 1. The van der Waals surface area contributed by atoms with E-state index in [1.54, 1.807) is 20.8 Å². The molecule has 0 unspecified atom stereocenters. The van der Waals surface area contributed by atoms with Gasteiger partial charge in [-0.25, -0.2) is 9.69 Å². The predicted molar refractivity (Wildman–Crippen MR) is 63.7 cm³/mol. The summed E-state index contributed by atoms with van der Waals surface area (Å²) in [6, 6.07) is 1.02. The molecule has 18 heavy (non-hydrogen) atoms. The molecule has 0 atom stereocenters. The summed E-state index contributed by atoms with van der Waals surface area (Å²) in [4.78, 5) is 28.5. The molecule has 7 nitrogen and oxygen atoms in total. The molecule has 1 aromatic heterocycles. The van der Waals surface area contributed by atoms with Crippen LogP contribution >= 0.6 is 0 Å². The van der Waals surface area contributed by atoms with Gasteiger partial charge in [0.1, 0.15) is 5.60 Å². The molecule has 1 aliphatic heterocycles. The number of amides is 1. The van der Waals surface area contributed by atoms with E-state index < -0.39 is 17.6 Å². The number of hydrogen-bond donors (Lipinski definition) is 1. The molecule has 2 heterocycles. The minimum atomic E-state index is -0.623. The second-order valence-corrected chi connectivity index (χ2v) is 5.04. The molecule has 0 saturated heterocycles. The minimum absolute atomic E-state index is 0.120. The number of carbonyl (C=O) groups excluding carboxylic acids is 1. The lowest BCUT2D eigenvalue weighted by molar-refractivity contribution is 0.0583. The van der Waals surface area contributed by atoms with E-state index in [2.05, 4.69) is 4.98 Å². The molecule has 0 spiro atoms. The van der Waals surface area contributed by atoms with E-state index in [0.717, 1.165) is 6.07 Å². The normalized spacial score (nSPS) is 14.5. The molecule has 2 rings (SSSR count). The standard InChI is InChI=1S/C11H15N3O4/c1-11(2,3)18-10(17)14-5-4-13-8(16)6-7(15)12-9(13)14/h6,15H,4-5H2,1-3H3. The summed E-state index contributed by atoms with van der Waals surface area (Å²) in [5.74, 6) is -0.282. The van der Waals surface area contributed by atoms with E-state index in [-0.39, 0.29) is 11.5 Å². The van der Waals surface area contributed by atoms with Crippen molar-refractivity contribution in [2.45, 2.75) is 32.9 Å². The summed E-state index contributed by atoms with van der Waals surface area (Å²) in [5, 5.41) is 9.31. The fraction of sp³-hybridized carbons (Fsp3) is 0.545. The quantitative estimate of drug-likeness (QED) is 0.735. The Morgan fingerprint density at radius 3 is 2.72 bits per heavy atom. The van der Waals surface area contributed by atoms with Crippen molar-refractivity contribution in [3.8, 4) is 5.88 Å². The van der Waals surface area contributed by atoms with Gasteiger partial charge in [0.2, 0.25) is 11.8 Å². The summed E-state index contributed by atoms with van der Waals surface area (Å²) in [6.45, 7) is 5.92. The Hall–Kier alpha value is -2.05. The number of nitrogens with zero attached hydrogens (tertiary/aromatic N) is 3. The molecular weight excluding hydrogens is 238 g/mol. The second kappa shape index (κ2) is 4.01. The summed E-state index contributed by atoms with van der Waals surface area (Å²) < 4.78 is 6.53. The van der Waals surface area contributed by atoms with Crippen LogP contribution in [-0.4, -0.2) is 32.9 Å². The summed E-state index contributed by atoms with van der Waals surface area (Å²) >= 11 is 0. The first-order chi connectivity index (χ1) is 8.28. The monoisotopic (exact) mass is 253 g/mol. The van der Waals surface area contributed by atoms with Crippen LogP contribution in [0, 0.1) is 0 Å². The van der Waals surface area contributed by atoms with Crippen LogP contribution < -0.4 is 10.5 Å². The molecular formula is C11H15N3O4. The Morgan fingerprint density at radius 1 is 1.44 bits per heavy atom. The van der Waals surface area contributed by atoms with Gasteiger partial charge in [-0.15, -0.1) is 0 Å². The molecule has 0 saturated carbocycles. The van der Waals surface area contributed by atoms with Crippen molar-refractivity contribution >= 4 is 12.0 Å². The van der Waals surface area contributed by atoms with Crippen LogP contribution in [0.4, 0.5) is 10.7 Å². The van der Waals surface area contributed by atoms with Crippen LogP contribution in [0.25, 0.3) is 0 Å². The van der Waals surface area contributed by atoms with Crippen LogP contribution in [0.2, 0.25) is 0 Å².